The van der Waals surface area contributed by atoms with Gasteiger partial charge in [-0.1, -0.05) is 41.4 Å². The molecule has 0 amide bonds. The van der Waals surface area contributed by atoms with Crippen molar-refractivity contribution < 1.29 is 13.2 Å². The summed E-state index contributed by atoms with van der Waals surface area (Å²) < 4.78 is 25.3. The first-order valence-corrected chi connectivity index (χ1v) is 9.86. The van der Waals surface area contributed by atoms with Crippen LogP contribution in [0.2, 0.25) is 5.02 Å². The van der Waals surface area contributed by atoms with Crippen LogP contribution in [-0.2, 0) is 14.6 Å². The molecule has 1 unspecified atom stereocenters. The summed E-state index contributed by atoms with van der Waals surface area (Å²) in [7, 11) is -3.51. The molecular formula is C16H18BrClO3S. The molecule has 0 saturated carbocycles. The summed E-state index contributed by atoms with van der Waals surface area (Å²) in [6.45, 7) is 5.66. The van der Waals surface area contributed by atoms with Gasteiger partial charge in [0.15, 0.2) is 15.6 Å². The van der Waals surface area contributed by atoms with E-state index in [1.54, 1.807) is 19.1 Å². The number of allylic oxidation sites excluding steroid dienone is 1. The van der Waals surface area contributed by atoms with E-state index >= 15 is 0 Å². The number of carbonyl (C=O) groups excluding carboxylic acids is 1. The molecule has 2 rings (SSSR count). The Morgan fingerprint density at radius 2 is 1.82 bits per heavy atom. The van der Waals surface area contributed by atoms with Gasteiger partial charge in [0.1, 0.15) is 0 Å². The molecule has 0 fully saturated rings. The predicted octanol–water partition coefficient (Wildman–Crippen LogP) is 4.19. The van der Waals surface area contributed by atoms with Crippen LogP contribution in [0.1, 0.15) is 27.2 Å². The Morgan fingerprint density at radius 1 is 1.27 bits per heavy atom. The van der Waals surface area contributed by atoms with Crippen LogP contribution in [0.15, 0.2) is 40.3 Å². The van der Waals surface area contributed by atoms with Crippen molar-refractivity contribution in [2.24, 2.45) is 5.41 Å². The van der Waals surface area contributed by atoms with Crippen molar-refractivity contribution in [3.05, 3.63) is 40.4 Å². The summed E-state index contributed by atoms with van der Waals surface area (Å²) in [5.41, 5.74) is 0.907. The van der Waals surface area contributed by atoms with Gasteiger partial charge in [0.25, 0.3) is 0 Å². The van der Waals surface area contributed by atoms with Gasteiger partial charge in [-0.25, -0.2) is 8.42 Å². The van der Waals surface area contributed by atoms with E-state index < -0.39 is 9.84 Å². The molecule has 0 N–H and O–H groups in total. The quantitative estimate of drug-likeness (QED) is 0.708. The lowest BCUT2D eigenvalue weighted by Gasteiger charge is -2.36. The molecule has 0 spiro atoms. The summed E-state index contributed by atoms with van der Waals surface area (Å²) >= 11 is 9.19. The third-order valence-corrected chi connectivity index (χ3v) is 6.77. The number of carbonyl (C=O) groups is 1. The van der Waals surface area contributed by atoms with E-state index in [1.807, 2.05) is 13.8 Å². The molecule has 0 radical (unpaired) electrons. The van der Waals surface area contributed by atoms with E-state index in [1.165, 1.54) is 12.1 Å². The standard InChI is InChI=1S/C16H18BrClO3S/c1-10-13(16(2,3)8-14(17)15(10)19)9-22(20,21)12-6-4-11(18)5-7-12/h4-7,14H,8-9H2,1-3H3. The summed E-state index contributed by atoms with van der Waals surface area (Å²) in [5.74, 6) is -0.167. The zero-order chi connectivity index (χ0) is 16.7. The van der Waals surface area contributed by atoms with Gasteiger partial charge < -0.3 is 0 Å². The smallest absolute Gasteiger partial charge is 0.182 e. The first-order valence-electron chi connectivity index (χ1n) is 6.91. The highest BCUT2D eigenvalue weighted by Crippen LogP contribution is 2.42. The second kappa shape index (κ2) is 6.10. The fraction of sp³-hybridized carbons (Fsp3) is 0.438. The maximum Gasteiger partial charge on any atom is 0.182 e. The first-order chi connectivity index (χ1) is 10.0. The van der Waals surface area contributed by atoms with Gasteiger partial charge in [-0.2, -0.15) is 0 Å². The second-order valence-corrected chi connectivity index (χ2v) is 9.77. The largest absolute Gasteiger partial charge is 0.293 e. The lowest BCUT2D eigenvalue weighted by Crippen LogP contribution is -2.35. The van der Waals surface area contributed by atoms with Crippen molar-refractivity contribution in [3.63, 3.8) is 0 Å². The normalized spacial score (nSPS) is 22.0. The van der Waals surface area contributed by atoms with Crippen molar-refractivity contribution in [1.29, 1.82) is 0 Å². The average molecular weight is 406 g/mol. The van der Waals surface area contributed by atoms with Crippen LogP contribution in [-0.4, -0.2) is 24.8 Å². The van der Waals surface area contributed by atoms with Gasteiger partial charge in [0.2, 0.25) is 0 Å². The Balaban J connectivity index is 2.43. The molecule has 0 saturated heterocycles. The molecule has 0 aliphatic heterocycles. The lowest BCUT2D eigenvalue weighted by molar-refractivity contribution is -0.116. The topological polar surface area (TPSA) is 51.2 Å². The van der Waals surface area contributed by atoms with E-state index in [4.69, 9.17) is 11.6 Å². The summed E-state index contributed by atoms with van der Waals surface area (Å²) in [4.78, 5) is 12.2. The Hall–Kier alpha value is -0.650. The van der Waals surface area contributed by atoms with Gasteiger partial charge in [-0.15, -0.1) is 0 Å². The maximum atomic E-state index is 12.6. The minimum absolute atomic E-state index is 0.0272. The molecule has 1 aliphatic carbocycles. The number of alkyl halides is 1. The van der Waals surface area contributed by atoms with E-state index in [9.17, 15) is 13.2 Å². The van der Waals surface area contributed by atoms with Gasteiger partial charge in [0, 0.05) is 5.02 Å². The molecule has 120 valence electrons. The molecular weight excluding hydrogens is 388 g/mol. The molecule has 6 heteroatoms. The first kappa shape index (κ1) is 17.7. The van der Waals surface area contributed by atoms with Crippen LogP contribution in [0.4, 0.5) is 0 Å². The Bertz CT molecular complexity index is 733. The fourth-order valence-corrected chi connectivity index (χ4v) is 5.76. The van der Waals surface area contributed by atoms with Crippen molar-refractivity contribution in [1.82, 2.24) is 0 Å². The lowest BCUT2D eigenvalue weighted by atomic mass is 9.73. The minimum Gasteiger partial charge on any atom is -0.293 e. The third kappa shape index (κ3) is 3.47. The highest BCUT2D eigenvalue weighted by molar-refractivity contribution is 9.10. The molecule has 22 heavy (non-hydrogen) atoms. The number of Topliss-reactive ketones (excluding diaryl/α,β-unsaturated/α-hetero) is 1. The summed E-state index contributed by atoms with van der Waals surface area (Å²) in [6, 6.07) is 6.11. The molecule has 1 aromatic rings. The number of sulfone groups is 1. The van der Waals surface area contributed by atoms with E-state index in [-0.39, 0.29) is 26.7 Å². The van der Waals surface area contributed by atoms with E-state index in [2.05, 4.69) is 15.9 Å². The van der Waals surface area contributed by atoms with Crippen molar-refractivity contribution in [3.8, 4) is 0 Å². The van der Waals surface area contributed by atoms with Gasteiger partial charge >= 0.3 is 0 Å². The SMILES string of the molecule is CC1=C(CS(=O)(=O)c2ccc(Cl)cc2)C(C)(C)CC(Br)C1=O. The van der Waals surface area contributed by atoms with Crippen molar-refractivity contribution >= 4 is 43.2 Å². The summed E-state index contributed by atoms with van der Waals surface area (Å²) in [6.07, 6.45) is 0.592. The van der Waals surface area contributed by atoms with Gasteiger partial charge in [-0.3, -0.25) is 4.79 Å². The molecule has 1 atom stereocenters. The number of halogens is 2. The van der Waals surface area contributed by atoms with Crippen LogP contribution in [0.3, 0.4) is 0 Å². The molecule has 1 aliphatic rings. The minimum atomic E-state index is -3.51. The highest BCUT2D eigenvalue weighted by Gasteiger charge is 2.39. The average Bonchev–Trinajstić information content (AvgIpc) is 2.41. The van der Waals surface area contributed by atoms with Crippen molar-refractivity contribution in [2.45, 2.75) is 36.9 Å². The van der Waals surface area contributed by atoms with Crippen LogP contribution < -0.4 is 0 Å². The fourth-order valence-electron chi connectivity index (χ4n) is 2.77. The van der Waals surface area contributed by atoms with Crippen molar-refractivity contribution in [2.75, 3.05) is 5.75 Å². The molecule has 0 heterocycles. The van der Waals surface area contributed by atoms with Crippen LogP contribution in [0.5, 0.6) is 0 Å². The van der Waals surface area contributed by atoms with Gasteiger partial charge in [0.05, 0.1) is 15.5 Å². The number of ketones is 1. The Kier molecular flexibility index (Phi) is 4.91. The Labute approximate surface area is 144 Å². The predicted molar refractivity (Wildman–Crippen MR) is 92.3 cm³/mol. The highest BCUT2D eigenvalue weighted by atomic mass is 79.9. The Morgan fingerprint density at radius 3 is 2.36 bits per heavy atom. The third-order valence-electron chi connectivity index (χ3n) is 4.12. The van der Waals surface area contributed by atoms with E-state index in [0.717, 1.165) is 0 Å². The van der Waals surface area contributed by atoms with Crippen LogP contribution in [0.25, 0.3) is 0 Å². The van der Waals surface area contributed by atoms with Crippen LogP contribution >= 0.6 is 27.5 Å². The molecule has 3 nitrogen and oxygen atoms in total. The zero-order valence-electron chi connectivity index (χ0n) is 12.7. The number of hydrogen-bond acceptors (Lipinski definition) is 3. The monoisotopic (exact) mass is 404 g/mol. The zero-order valence-corrected chi connectivity index (χ0v) is 15.8. The van der Waals surface area contributed by atoms with Gasteiger partial charge in [-0.05, 0) is 54.2 Å². The summed E-state index contributed by atoms with van der Waals surface area (Å²) in [5, 5.41) is 0.490. The maximum absolute atomic E-state index is 12.6. The molecule has 1 aromatic carbocycles. The number of rotatable bonds is 3. The van der Waals surface area contributed by atoms with Crippen LogP contribution in [0, 0.1) is 5.41 Å². The molecule has 0 bridgehead atoms. The molecule has 0 aromatic heterocycles. The second-order valence-electron chi connectivity index (χ2n) is 6.24. The number of benzene rings is 1. The number of hydrogen-bond donors (Lipinski definition) is 0. The van der Waals surface area contributed by atoms with E-state index in [0.29, 0.717) is 22.6 Å².